The number of nitrogens with zero attached hydrogens (tertiary/aromatic N) is 1. The van der Waals surface area contributed by atoms with Crippen molar-refractivity contribution in [3.63, 3.8) is 0 Å². The van der Waals surface area contributed by atoms with E-state index < -0.39 is 0 Å². The number of amides is 1. The number of fused-ring (bicyclic) bond motifs is 1. The first-order valence-electron chi connectivity index (χ1n) is 9.09. The smallest absolute Gasteiger partial charge is 0.256 e. The molecule has 1 aliphatic carbocycles. The molecule has 4 nitrogen and oxygen atoms in total. The molecule has 0 radical (unpaired) electrons. The number of carbonyl (C=O) groups excluding carboxylic acids is 1. The molecule has 2 atom stereocenters. The van der Waals surface area contributed by atoms with E-state index in [4.69, 9.17) is 4.99 Å². The predicted molar refractivity (Wildman–Crippen MR) is 103 cm³/mol. The maximum atomic E-state index is 12.8. The Morgan fingerprint density at radius 3 is 2.60 bits per heavy atom. The molecule has 25 heavy (non-hydrogen) atoms. The molecular weight excluding hydrogens is 310 g/mol. The molecule has 0 aromatic heterocycles. The van der Waals surface area contributed by atoms with Gasteiger partial charge < -0.3 is 10.6 Å². The highest BCUT2D eigenvalue weighted by molar-refractivity contribution is 6.05. The van der Waals surface area contributed by atoms with Gasteiger partial charge in [0, 0.05) is 22.9 Å². The van der Waals surface area contributed by atoms with Gasteiger partial charge in [0.1, 0.15) is 5.84 Å². The van der Waals surface area contributed by atoms with Gasteiger partial charge in [-0.3, -0.25) is 9.79 Å². The number of amidine groups is 1. The Bertz CT molecular complexity index is 740. The third-order valence-corrected chi connectivity index (χ3v) is 5.20. The number of allylic oxidation sites excluding steroid dienone is 1. The lowest BCUT2D eigenvalue weighted by Gasteiger charge is -2.23. The second kappa shape index (κ2) is 7.26. The SMILES string of the molecule is C=C(C1=N[C@H]2CCCCC2N1)/C(=C\C)NC(=O)c1c(C)cccc1C. The molecular formula is C21H27N3O. The van der Waals surface area contributed by atoms with Crippen molar-refractivity contribution in [3.05, 3.63) is 58.8 Å². The summed E-state index contributed by atoms with van der Waals surface area (Å²) in [5.41, 5.74) is 4.15. The molecule has 1 unspecified atom stereocenters. The Morgan fingerprint density at radius 1 is 1.28 bits per heavy atom. The summed E-state index contributed by atoms with van der Waals surface area (Å²) < 4.78 is 0. The van der Waals surface area contributed by atoms with Gasteiger partial charge in [-0.15, -0.1) is 0 Å². The van der Waals surface area contributed by atoms with Crippen LogP contribution in [0.25, 0.3) is 0 Å². The van der Waals surface area contributed by atoms with Crippen LogP contribution in [-0.2, 0) is 0 Å². The summed E-state index contributed by atoms with van der Waals surface area (Å²) in [6.45, 7) is 10.0. The first-order chi connectivity index (χ1) is 12.0. The quantitative estimate of drug-likeness (QED) is 0.821. The Balaban J connectivity index is 1.75. The lowest BCUT2D eigenvalue weighted by atomic mass is 9.92. The van der Waals surface area contributed by atoms with Crippen LogP contribution in [0.2, 0.25) is 0 Å². The van der Waals surface area contributed by atoms with E-state index in [-0.39, 0.29) is 5.91 Å². The van der Waals surface area contributed by atoms with Gasteiger partial charge >= 0.3 is 0 Å². The van der Waals surface area contributed by atoms with Gasteiger partial charge in [0.25, 0.3) is 5.91 Å². The van der Waals surface area contributed by atoms with Crippen LogP contribution in [0, 0.1) is 13.8 Å². The van der Waals surface area contributed by atoms with Crippen molar-refractivity contribution in [3.8, 4) is 0 Å². The summed E-state index contributed by atoms with van der Waals surface area (Å²) in [4.78, 5) is 17.6. The minimum absolute atomic E-state index is 0.0964. The summed E-state index contributed by atoms with van der Waals surface area (Å²) in [5, 5.41) is 6.53. The molecule has 1 fully saturated rings. The summed E-state index contributed by atoms with van der Waals surface area (Å²) in [6, 6.07) is 6.66. The van der Waals surface area contributed by atoms with E-state index in [1.54, 1.807) is 0 Å². The van der Waals surface area contributed by atoms with Gasteiger partial charge in [0.15, 0.2) is 0 Å². The molecule has 1 aliphatic heterocycles. The fourth-order valence-corrected chi connectivity index (χ4v) is 3.78. The van der Waals surface area contributed by atoms with E-state index in [2.05, 4.69) is 17.2 Å². The Hall–Kier alpha value is -2.36. The zero-order chi connectivity index (χ0) is 18.0. The minimum Gasteiger partial charge on any atom is -0.365 e. The van der Waals surface area contributed by atoms with Gasteiger partial charge in [-0.2, -0.15) is 0 Å². The number of aliphatic imine (C=N–C) groups is 1. The van der Waals surface area contributed by atoms with Crippen molar-refractivity contribution in [2.75, 3.05) is 0 Å². The number of carbonyl (C=O) groups is 1. The summed E-state index contributed by atoms with van der Waals surface area (Å²) in [6.07, 6.45) is 6.67. The molecule has 3 rings (SSSR count). The van der Waals surface area contributed by atoms with E-state index in [1.165, 1.54) is 12.8 Å². The van der Waals surface area contributed by atoms with Crippen LogP contribution >= 0.6 is 0 Å². The van der Waals surface area contributed by atoms with Gasteiger partial charge in [0.05, 0.1) is 6.04 Å². The second-order valence-electron chi connectivity index (χ2n) is 6.98. The minimum atomic E-state index is -0.0964. The van der Waals surface area contributed by atoms with E-state index in [0.717, 1.165) is 46.6 Å². The van der Waals surface area contributed by atoms with Crippen LogP contribution in [0.3, 0.4) is 0 Å². The van der Waals surface area contributed by atoms with Crippen molar-refractivity contribution in [1.82, 2.24) is 10.6 Å². The monoisotopic (exact) mass is 337 g/mol. The summed E-state index contributed by atoms with van der Waals surface area (Å²) in [5.74, 6) is 0.729. The molecule has 1 aromatic rings. The maximum Gasteiger partial charge on any atom is 0.256 e. The standard InChI is InChI=1S/C21H27N3O/c1-5-16(24-21(25)19-13(2)9-8-10-14(19)3)15(4)20-22-17-11-6-7-12-18(17)23-20/h5,8-10,17-18H,4,6-7,11-12H2,1-3H3,(H,22,23)(H,24,25)/b16-5+/t17-,18?/m0/s1. The average molecular weight is 337 g/mol. The Labute approximate surface area is 150 Å². The van der Waals surface area contributed by atoms with Crippen LogP contribution in [-0.4, -0.2) is 23.8 Å². The highest BCUT2D eigenvalue weighted by Gasteiger charge is 2.32. The third kappa shape index (κ3) is 3.53. The van der Waals surface area contributed by atoms with Crippen molar-refractivity contribution < 1.29 is 4.79 Å². The topological polar surface area (TPSA) is 53.5 Å². The number of hydrogen-bond donors (Lipinski definition) is 2. The molecule has 4 heteroatoms. The van der Waals surface area contributed by atoms with Gasteiger partial charge in [-0.1, -0.05) is 43.7 Å². The molecule has 1 amide bonds. The van der Waals surface area contributed by atoms with Crippen molar-refractivity contribution in [2.24, 2.45) is 4.99 Å². The highest BCUT2D eigenvalue weighted by atomic mass is 16.1. The van der Waals surface area contributed by atoms with Gasteiger partial charge in [-0.05, 0) is 44.7 Å². The lowest BCUT2D eigenvalue weighted by Crippen LogP contribution is -2.38. The number of benzene rings is 1. The van der Waals surface area contributed by atoms with Crippen molar-refractivity contribution in [1.29, 1.82) is 0 Å². The fourth-order valence-electron chi connectivity index (χ4n) is 3.78. The first-order valence-corrected chi connectivity index (χ1v) is 9.09. The molecule has 2 aliphatic rings. The largest absolute Gasteiger partial charge is 0.365 e. The number of nitrogens with one attached hydrogen (secondary N) is 2. The van der Waals surface area contributed by atoms with E-state index in [1.807, 2.05) is 45.0 Å². The molecule has 0 saturated heterocycles. The molecule has 1 heterocycles. The number of hydrogen-bond acceptors (Lipinski definition) is 3. The van der Waals surface area contributed by atoms with Crippen molar-refractivity contribution >= 4 is 11.7 Å². The molecule has 0 spiro atoms. The van der Waals surface area contributed by atoms with Crippen LogP contribution in [0.4, 0.5) is 0 Å². The summed E-state index contributed by atoms with van der Waals surface area (Å²) >= 11 is 0. The molecule has 1 saturated carbocycles. The van der Waals surface area contributed by atoms with Crippen LogP contribution in [0.1, 0.15) is 54.1 Å². The Kier molecular flexibility index (Phi) is 5.07. The van der Waals surface area contributed by atoms with E-state index >= 15 is 0 Å². The fraction of sp³-hybridized carbons (Fsp3) is 0.429. The third-order valence-electron chi connectivity index (χ3n) is 5.20. The lowest BCUT2D eigenvalue weighted by molar-refractivity contribution is 0.0965. The average Bonchev–Trinajstić information content (AvgIpc) is 3.03. The van der Waals surface area contributed by atoms with Crippen molar-refractivity contribution in [2.45, 2.75) is 58.5 Å². The van der Waals surface area contributed by atoms with Crippen LogP contribution in [0.5, 0.6) is 0 Å². The zero-order valence-corrected chi connectivity index (χ0v) is 15.4. The number of aryl methyl sites for hydroxylation is 2. The van der Waals surface area contributed by atoms with Crippen LogP contribution < -0.4 is 10.6 Å². The summed E-state index contributed by atoms with van der Waals surface area (Å²) in [7, 11) is 0. The molecule has 2 N–H and O–H groups in total. The predicted octanol–water partition coefficient (Wildman–Crippen LogP) is 3.81. The van der Waals surface area contributed by atoms with Crippen LogP contribution in [0.15, 0.2) is 47.1 Å². The first kappa shape index (κ1) is 17.5. The van der Waals surface area contributed by atoms with Gasteiger partial charge in [-0.25, -0.2) is 0 Å². The highest BCUT2D eigenvalue weighted by Crippen LogP contribution is 2.27. The molecule has 1 aromatic carbocycles. The number of rotatable bonds is 4. The van der Waals surface area contributed by atoms with E-state index in [0.29, 0.717) is 12.1 Å². The zero-order valence-electron chi connectivity index (χ0n) is 15.4. The normalized spacial score (nSPS) is 22.7. The molecule has 0 bridgehead atoms. The van der Waals surface area contributed by atoms with E-state index in [9.17, 15) is 4.79 Å². The molecule has 132 valence electrons. The Morgan fingerprint density at radius 2 is 1.96 bits per heavy atom. The maximum absolute atomic E-state index is 12.8. The second-order valence-corrected chi connectivity index (χ2v) is 6.98. The van der Waals surface area contributed by atoms with Gasteiger partial charge in [0.2, 0.25) is 0 Å².